The first-order chi connectivity index (χ1) is 15.5. The van der Waals surface area contributed by atoms with Crippen LogP contribution in [0.15, 0.2) is 84.9 Å². The quantitative estimate of drug-likeness (QED) is 0.558. The van der Waals surface area contributed by atoms with E-state index in [1.54, 1.807) is 7.05 Å². The number of hydrogen-bond acceptors (Lipinski definition) is 3. The lowest BCUT2D eigenvalue weighted by molar-refractivity contribution is -0.135. The van der Waals surface area contributed by atoms with Gasteiger partial charge in [-0.3, -0.25) is 9.59 Å². The van der Waals surface area contributed by atoms with Gasteiger partial charge in [0.05, 0.1) is 12.0 Å². The maximum atomic E-state index is 13.5. The van der Waals surface area contributed by atoms with Crippen molar-refractivity contribution < 1.29 is 9.59 Å². The highest BCUT2D eigenvalue weighted by molar-refractivity contribution is 5.92. The molecule has 0 saturated carbocycles. The van der Waals surface area contributed by atoms with Crippen LogP contribution in [0.3, 0.4) is 0 Å². The molecule has 0 aliphatic rings. The number of rotatable bonds is 8. The van der Waals surface area contributed by atoms with Crippen LogP contribution in [0.1, 0.15) is 28.2 Å². The molecule has 3 aromatic rings. The molecule has 0 spiro atoms. The van der Waals surface area contributed by atoms with E-state index in [1.807, 2.05) is 97.9 Å². The van der Waals surface area contributed by atoms with Gasteiger partial charge in [-0.25, -0.2) is 0 Å². The minimum Gasteiger partial charge on any atom is -0.343 e. The van der Waals surface area contributed by atoms with Gasteiger partial charge in [-0.15, -0.1) is 0 Å². The topological polar surface area (TPSA) is 73.2 Å². The van der Waals surface area contributed by atoms with E-state index in [9.17, 15) is 9.59 Å². The van der Waals surface area contributed by atoms with Crippen molar-refractivity contribution in [3.63, 3.8) is 0 Å². The highest BCUT2D eigenvalue weighted by Gasteiger charge is 2.29. The van der Waals surface area contributed by atoms with Crippen LogP contribution in [-0.4, -0.2) is 36.3 Å². The molecular weight excluding hydrogens is 398 g/mol. The number of carbonyl (C=O) groups is 2. The van der Waals surface area contributed by atoms with E-state index in [1.165, 1.54) is 4.90 Å². The number of hydrogen-bond donors (Lipinski definition) is 1. The third-order valence-corrected chi connectivity index (χ3v) is 5.35. The zero-order valence-corrected chi connectivity index (χ0v) is 18.4. The Hall–Kier alpha value is -3.91. The Balaban J connectivity index is 1.92. The average Bonchev–Trinajstić information content (AvgIpc) is 2.80. The molecule has 0 aliphatic carbocycles. The van der Waals surface area contributed by atoms with E-state index in [2.05, 4.69) is 5.32 Å². The molecule has 5 nitrogen and oxygen atoms in total. The summed E-state index contributed by atoms with van der Waals surface area (Å²) in [6, 6.07) is 28.1. The second-order valence-electron chi connectivity index (χ2n) is 7.86. The van der Waals surface area contributed by atoms with Crippen molar-refractivity contribution >= 4 is 11.8 Å². The van der Waals surface area contributed by atoms with Crippen molar-refractivity contribution in [3.8, 4) is 6.07 Å². The van der Waals surface area contributed by atoms with Crippen molar-refractivity contribution in [2.45, 2.75) is 25.3 Å². The summed E-state index contributed by atoms with van der Waals surface area (Å²) in [5, 5.41) is 12.0. The second-order valence-corrected chi connectivity index (χ2v) is 7.86. The molecule has 0 aromatic heterocycles. The predicted molar refractivity (Wildman–Crippen MR) is 125 cm³/mol. The number of amides is 2. The van der Waals surface area contributed by atoms with Gasteiger partial charge in [0.2, 0.25) is 11.8 Å². The molecule has 0 fully saturated rings. The molecule has 5 heteroatoms. The van der Waals surface area contributed by atoms with Gasteiger partial charge in [-0.2, -0.15) is 5.26 Å². The molecule has 1 N–H and O–H groups in total. The maximum Gasteiger partial charge on any atom is 0.246 e. The van der Waals surface area contributed by atoms with Crippen molar-refractivity contribution in [1.82, 2.24) is 10.2 Å². The molecule has 1 unspecified atom stereocenters. The summed E-state index contributed by atoms with van der Waals surface area (Å²) < 4.78 is 0. The van der Waals surface area contributed by atoms with Crippen molar-refractivity contribution in [3.05, 3.63) is 107 Å². The first-order valence-electron chi connectivity index (χ1n) is 10.6. The van der Waals surface area contributed by atoms with Crippen molar-refractivity contribution in [1.29, 1.82) is 5.26 Å². The van der Waals surface area contributed by atoms with E-state index in [0.29, 0.717) is 6.42 Å². The molecule has 0 radical (unpaired) electrons. The van der Waals surface area contributed by atoms with Gasteiger partial charge >= 0.3 is 0 Å². The van der Waals surface area contributed by atoms with Gasteiger partial charge in [-0.05, 0) is 23.6 Å². The van der Waals surface area contributed by atoms with Crippen LogP contribution in [0.2, 0.25) is 0 Å². The van der Waals surface area contributed by atoms with Crippen LogP contribution in [0, 0.1) is 18.3 Å². The Labute approximate surface area is 189 Å². The van der Waals surface area contributed by atoms with E-state index in [4.69, 9.17) is 5.26 Å². The van der Waals surface area contributed by atoms with Gasteiger partial charge in [0.25, 0.3) is 0 Å². The van der Waals surface area contributed by atoms with E-state index >= 15 is 0 Å². The Bertz CT molecular complexity index is 1050. The van der Waals surface area contributed by atoms with Crippen molar-refractivity contribution in [2.24, 2.45) is 0 Å². The lowest BCUT2D eigenvalue weighted by atomic mass is 9.90. The van der Waals surface area contributed by atoms with Gasteiger partial charge < -0.3 is 10.2 Å². The number of nitrogens with zero attached hydrogens (tertiary/aromatic N) is 2. The molecule has 1 atom stereocenters. The normalized spacial score (nSPS) is 11.4. The first-order valence-corrected chi connectivity index (χ1v) is 10.6. The summed E-state index contributed by atoms with van der Waals surface area (Å²) >= 11 is 0. The fourth-order valence-electron chi connectivity index (χ4n) is 3.77. The van der Waals surface area contributed by atoms with E-state index < -0.39 is 12.0 Å². The summed E-state index contributed by atoms with van der Waals surface area (Å²) in [5.74, 6) is -1.09. The largest absolute Gasteiger partial charge is 0.343 e. The highest BCUT2D eigenvalue weighted by Crippen LogP contribution is 2.25. The summed E-state index contributed by atoms with van der Waals surface area (Å²) in [5.41, 5.74) is 3.73. The van der Waals surface area contributed by atoms with Crippen LogP contribution in [-0.2, 0) is 16.0 Å². The van der Waals surface area contributed by atoms with Crippen LogP contribution in [0.4, 0.5) is 0 Å². The van der Waals surface area contributed by atoms with E-state index in [0.717, 1.165) is 22.3 Å². The third-order valence-electron chi connectivity index (χ3n) is 5.35. The molecule has 0 heterocycles. The number of carbonyl (C=O) groups excluding carboxylic acids is 2. The van der Waals surface area contributed by atoms with Crippen LogP contribution >= 0.6 is 0 Å². The monoisotopic (exact) mass is 425 g/mol. The summed E-state index contributed by atoms with van der Waals surface area (Å²) in [4.78, 5) is 28.0. The lowest BCUT2D eigenvalue weighted by Gasteiger charge is -2.26. The second kappa shape index (κ2) is 10.9. The first kappa shape index (κ1) is 22.8. The minimum atomic E-state index is -0.780. The van der Waals surface area contributed by atoms with Gasteiger partial charge in [0, 0.05) is 13.5 Å². The molecule has 2 amide bonds. The van der Waals surface area contributed by atoms with Gasteiger partial charge in [0.1, 0.15) is 12.6 Å². The average molecular weight is 426 g/mol. The Morgan fingerprint density at radius 1 is 0.938 bits per heavy atom. The number of benzene rings is 3. The Kier molecular flexibility index (Phi) is 7.77. The van der Waals surface area contributed by atoms with Crippen LogP contribution < -0.4 is 5.32 Å². The molecule has 32 heavy (non-hydrogen) atoms. The van der Waals surface area contributed by atoms with E-state index in [-0.39, 0.29) is 18.4 Å². The third kappa shape index (κ3) is 5.83. The molecule has 3 aromatic carbocycles. The zero-order valence-electron chi connectivity index (χ0n) is 18.4. The summed E-state index contributed by atoms with van der Waals surface area (Å²) in [6.07, 6.45) is 0.346. The molecule has 0 aliphatic heterocycles. The van der Waals surface area contributed by atoms with Crippen LogP contribution in [0.5, 0.6) is 0 Å². The standard InChI is InChI=1S/C27H27N3O2/c1-20-10-9-11-21(18-20)19-24(27(32)30(2)17-16-28)29-26(31)25(22-12-5-3-6-13-22)23-14-7-4-8-15-23/h3-15,18,24-25H,17,19H2,1-2H3,(H,29,31). The SMILES string of the molecule is Cc1cccc(CC(NC(=O)C(c2ccccc2)c2ccccc2)C(=O)N(C)CC#N)c1. The molecular formula is C27H27N3O2. The fourth-order valence-corrected chi connectivity index (χ4v) is 3.77. The molecule has 162 valence electrons. The Morgan fingerprint density at radius 3 is 2.06 bits per heavy atom. The smallest absolute Gasteiger partial charge is 0.246 e. The molecule has 0 bridgehead atoms. The fraction of sp³-hybridized carbons (Fsp3) is 0.222. The number of likely N-dealkylation sites (N-methyl/N-ethyl adjacent to an activating group) is 1. The predicted octanol–water partition coefficient (Wildman–Crippen LogP) is 3.84. The summed E-state index contributed by atoms with van der Waals surface area (Å²) in [6.45, 7) is 1.95. The molecule has 3 rings (SSSR count). The van der Waals surface area contributed by atoms with Gasteiger partial charge in [0.15, 0.2) is 0 Å². The summed E-state index contributed by atoms with van der Waals surface area (Å²) in [7, 11) is 1.58. The zero-order chi connectivity index (χ0) is 22.9. The minimum absolute atomic E-state index is 0.0418. The lowest BCUT2D eigenvalue weighted by Crippen LogP contribution is -2.50. The number of aryl methyl sites for hydroxylation is 1. The number of nitriles is 1. The van der Waals surface area contributed by atoms with Gasteiger partial charge in [-0.1, -0.05) is 90.5 Å². The van der Waals surface area contributed by atoms with Crippen LogP contribution in [0.25, 0.3) is 0 Å². The van der Waals surface area contributed by atoms with Crippen molar-refractivity contribution in [2.75, 3.05) is 13.6 Å². The maximum absolute atomic E-state index is 13.5. The number of nitrogens with one attached hydrogen (secondary N) is 1. The molecule has 0 saturated heterocycles. The highest BCUT2D eigenvalue weighted by atomic mass is 16.2. The Morgan fingerprint density at radius 2 is 1.53 bits per heavy atom.